The van der Waals surface area contributed by atoms with Crippen LogP contribution < -0.4 is 19.9 Å². The van der Waals surface area contributed by atoms with Crippen molar-refractivity contribution in [1.29, 1.82) is 0 Å². The van der Waals surface area contributed by atoms with Gasteiger partial charge in [-0.3, -0.25) is 14.5 Å². The number of carbonyl (C=O) groups is 2. The summed E-state index contributed by atoms with van der Waals surface area (Å²) in [5.41, 5.74) is 3.04. The summed E-state index contributed by atoms with van der Waals surface area (Å²) in [5, 5.41) is 3.17. The van der Waals surface area contributed by atoms with Crippen LogP contribution in [0.15, 0.2) is 77.7 Å². The van der Waals surface area contributed by atoms with Crippen LogP contribution in [-0.4, -0.2) is 36.8 Å². The minimum absolute atomic E-state index is 0.178. The van der Waals surface area contributed by atoms with Gasteiger partial charge in [0.05, 0.1) is 21.3 Å². The van der Waals surface area contributed by atoms with E-state index in [9.17, 15) is 9.59 Å². The van der Waals surface area contributed by atoms with Crippen LogP contribution in [0.1, 0.15) is 5.56 Å². The van der Waals surface area contributed by atoms with E-state index in [1.54, 1.807) is 48.5 Å². The topological polar surface area (TPSA) is 61.9 Å². The number of rotatable bonds is 7. The first-order valence-electron chi connectivity index (χ1n) is 10.6. The summed E-state index contributed by atoms with van der Waals surface area (Å²) >= 11 is 12.8. The lowest BCUT2D eigenvalue weighted by atomic mass is 10.2. The molecule has 0 atom stereocenters. The predicted molar refractivity (Wildman–Crippen MR) is 148 cm³/mol. The van der Waals surface area contributed by atoms with Crippen molar-refractivity contribution in [2.75, 3.05) is 35.8 Å². The maximum Gasteiger partial charge on any atom is 0.270 e. The van der Waals surface area contributed by atoms with Crippen LogP contribution in [-0.2, 0) is 9.59 Å². The van der Waals surface area contributed by atoms with Crippen LogP contribution in [0.3, 0.4) is 0 Å². The summed E-state index contributed by atoms with van der Waals surface area (Å²) in [5.74, 6) is -0.00415. The molecule has 6 nitrogen and oxygen atoms in total. The molecular formula is C26H22ClN3O3S2. The zero-order valence-electron chi connectivity index (χ0n) is 19.0. The zero-order chi connectivity index (χ0) is 24.9. The third-order valence-electron chi connectivity index (χ3n) is 5.09. The van der Waals surface area contributed by atoms with E-state index in [-0.39, 0.29) is 18.4 Å². The monoisotopic (exact) mass is 523 g/mol. The van der Waals surface area contributed by atoms with Crippen LogP contribution >= 0.6 is 35.6 Å². The molecule has 1 saturated heterocycles. The lowest BCUT2D eigenvalue weighted by Gasteiger charge is -2.17. The fraction of sp³-hybridized carbons (Fsp3) is 0.115. The summed E-state index contributed by atoms with van der Waals surface area (Å²) in [7, 11) is 3.92. The summed E-state index contributed by atoms with van der Waals surface area (Å²) in [6.45, 7) is -0.181. The van der Waals surface area contributed by atoms with Crippen molar-refractivity contribution >= 4 is 74.9 Å². The van der Waals surface area contributed by atoms with Gasteiger partial charge in [0.15, 0.2) is 10.9 Å². The minimum atomic E-state index is -0.329. The molecule has 0 bridgehead atoms. The number of thiocarbonyl (C=S) groups is 1. The van der Waals surface area contributed by atoms with Crippen molar-refractivity contribution < 1.29 is 14.3 Å². The molecule has 3 aromatic carbocycles. The first-order valence-corrected chi connectivity index (χ1v) is 12.2. The second-order valence-corrected chi connectivity index (χ2v) is 9.90. The molecule has 9 heteroatoms. The number of anilines is 3. The molecule has 0 aliphatic carbocycles. The Labute approximate surface area is 218 Å². The number of hydrogen-bond donors (Lipinski definition) is 1. The fourth-order valence-corrected chi connectivity index (χ4v) is 4.82. The van der Waals surface area contributed by atoms with Crippen LogP contribution in [0.25, 0.3) is 6.08 Å². The zero-order valence-corrected chi connectivity index (χ0v) is 21.4. The van der Waals surface area contributed by atoms with Crippen LogP contribution in [0, 0.1) is 0 Å². The van der Waals surface area contributed by atoms with E-state index in [2.05, 4.69) is 5.32 Å². The van der Waals surface area contributed by atoms with Gasteiger partial charge in [-0.05, 0) is 60.2 Å². The molecule has 1 fully saturated rings. The number of carbonyl (C=O) groups excluding carboxylic acids is 2. The molecule has 0 saturated carbocycles. The maximum atomic E-state index is 13.1. The van der Waals surface area contributed by atoms with E-state index >= 15 is 0 Å². The van der Waals surface area contributed by atoms with Crippen LogP contribution in [0.4, 0.5) is 17.1 Å². The minimum Gasteiger partial charge on any atom is -0.484 e. The highest BCUT2D eigenvalue weighted by molar-refractivity contribution is 8.27. The Morgan fingerprint density at radius 1 is 1.11 bits per heavy atom. The quantitative estimate of drug-likeness (QED) is 0.310. The van der Waals surface area contributed by atoms with Gasteiger partial charge in [-0.25, -0.2) is 0 Å². The van der Waals surface area contributed by atoms with Crippen molar-refractivity contribution in [2.45, 2.75) is 0 Å². The first kappa shape index (κ1) is 24.8. The van der Waals surface area contributed by atoms with Gasteiger partial charge >= 0.3 is 0 Å². The lowest BCUT2D eigenvalue weighted by molar-refractivity contribution is -0.118. The summed E-state index contributed by atoms with van der Waals surface area (Å²) in [6.07, 6.45) is 1.77. The number of nitrogens with one attached hydrogen (secondary N) is 1. The number of ether oxygens (including phenoxy) is 1. The normalized spacial score (nSPS) is 14.4. The van der Waals surface area contributed by atoms with E-state index in [0.29, 0.717) is 25.7 Å². The first-order chi connectivity index (χ1) is 16.8. The molecule has 4 rings (SSSR count). The van der Waals surface area contributed by atoms with E-state index in [4.69, 9.17) is 28.6 Å². The molecule has 1 heterocycles. The average molecular weight is 524 g/mol. The predicted octanol–water partition coefficient (Wildman–Crippen LogP) is 5.83. The molecule has 0 radical (unpaired) electrons. The summed E-state index contributed by atoms with van der Waals surface area (Å²) in [6, 6.07) is 21.8. The molecule has 1 aliphatic rings. The number of thioether (sulfide) groups is 1. The van der Waals surface area contributed by atoms with Crippen molar-refractivity contribution in [2.24, 2.45) is 0 Å². The highest BCUT2D eigenvalue weighted by Crippen LogP contribution is 2.36. The van der Waals surface area contributed by atoms with Crippen LogP contribution in [0.2, 0.25) is 5.02 Å². The highest BCUT2D eigenvalue weighted by Gasteiger charge is 2.33. The Morgan fingerprint density at radius 3 is 2.57 bits per heavy atom. The van der Waals surface area contributed by atoms with Gasteiger partial charge in [-0.1, -0.05) is 59.8 Å². The van der Waals surface area contributed by atoms with E-state index in [1.165, 1.54) is 16.7 Å². The molecular weight excluding hydrogens is 502 g/mol. The van der Waals surface area contributed by atoms with Gasteiger partial charge in [0.1, 0.15) is 5.75 Å². The van der Waals surface area contributed by atoms with Crippen molar-refractivity contribution in [3.63, 3.8) is 0 Å². The van der Waals surface area contributed by atoms with Gasteiger partial charge in [-0.2, -0.15) is 0 Å². The molecule has 0 spiro atoms. The van der Waals surface area contributed by atoms with E-state index < -0.39 is 0 Å². The smallest absolute Gasteiger partial charge is 0.270 e. The number of amides is 2. The highest BCUT2D eigenvalue weighted by atomic mass is 35.5. The Kier molecular flexibility index (Phi) is 7.75. The molecule has 1 N–H and O–H groups in total. The van der Waals surface area contributed by atoms with Crippen molar-refractivity contribution in [1.82, 2.24) is 0 Å². The van der Waals surface area contributed by atoms with Gasteiger partial charge in [-0.15, -0.1) is 0 Å². The largest absolute Gasteiger partial charge is 0.484 e. The summed E-state index contributed by atoms with van der Waals surface area (Å²) in [4.78, 5) is 29.4. The lowest BCUT2D eigenvalue weighted by Crippen LogP contribution is -2.27. The third kappa shape index (κ3) is 6.03. The summed E-state index contributed by atoms with van der Waals surface area (Å²) < 4.78 is 6.11. The number of hydrogen-bond acceptors (Lipinski definition) is 6. The second kappa shape index (κ2) is 10.9. The number of benzene rings is 3. The Balaban J connectivity index is 1.42. The van der Waals surface area contributed by atoms with E-state index in [1.807, 2.05) is 49.3 Å². The van der Waals surface area contributed by atoms with Gasteiger partial charge in [0.2, 0.25) is 0 Å². The van der Waals surface area contributed by atoms with Crippen molar-refractivity contribution in [3.05, 3.63) is 88.3 Å². The number of halogens is 1. The van der Waals surface area contributed by atoms with Gasteiger partial charge < -0.3 is 15.0 Å². The van der Waals surface area contributed by atoms with Crippen LogP contribution in [0.5, 0.6) is 5.75 Å². The fourth-order valence-electron chi connectivity index (χ4n) is 3.33. The van der Waals surface area contributed by atoms with Gasteiger partial charge in [0.25, 0.3) is 11.8 Å². The molecule has 3 aromatic rings. The number of para-hydroxylation sites is 1. The Morgan fingerprint density at radius 2 is 1.86 bits per heavy atom. The molecule has 35 heavy (non-hydrogen) atoms. The van der Waals surface area contributed by atoms with Crippen molar-refractivity contribution in [3.8, 4) is 5.75 Å². The Bertz CT molecular complexity index is 1310. The SMILES string of the molecule is CN(C)c1ccc(N2C(=O)/C(=C/c3cccc(OCC(=O)Nc4ccccc4Cl)c3)SC2=S)cc1. The van der Waals surface area contributed by atoms with Gasteiger partial charge in [0, 0.05) is 19.8 Å². The molecule has 1 aliphatic heterocycles. The molecule has 0 aromatic heterocycles. The number of nitrogens with zero attached hydrogens (tertiary/aromatic N) is 2. The average Bonchev–Trinajstić information content (AvgIpc) is 3.12. The molecule has 2 amide bonds. The maximum absolute atomic E-state index is 13.1. The molecule has 0 unspecified atom stereocenters. The second-order valence-electron chi connectivity index (χ2n) is 7.82. The third-order valence-corrected chi connectivity index (χ3v) is 6.72. The van der Waals surface area contributed by atoms with E-state index in [0.717, 1.165) is 16.9 Å². The molecule has 178 valence electrons. The standard InChI is InChI=1S/C26H22ClN3O3S2/c1-29(2)18-10-12-19(13-11-18)30-25(32)23(35-26(30)34)15-17-6-5-7-20(14-17)33-16-24(31)28-22-9-4-3-8-21(22)27/h3-15H,16H2,1-2H3,(H,28,31)/b23-15-. The Hall–Kier alpha value is -3.33.